The van der Waals surface area contributed by atoms with Crippen molar-refractivity contribution in [1.29, 1.82) is 0 Å². The predicted molar refractivity (Wildman–Crippen MR) is 77.9 cm³/mol. The molecule has 0 saturated heterocycles. The highest BCUT2D eigenvalue weighted by Gasteiger charge is 2.52. The summed E-state index contributed by atoms with van der Waals surface area (Å²) in [6, 6.07) is 7.15. The summed E-state index contributed by atoms with van der Waals surface area (Å²) in [5.41, 5.74) is -0.925. The van der Waals surface area contributed by atoms with Gasteiger partial charge < -0.3 is 14.4 Å². The maximum atomic E-state index is 12.5. The Balaban J connectivity index is 2.38. The standard InChI is InChI=1S/C15H20N2O4/c1-14(2,3)21-13(19)16-15(20-5)10-8-6-7-9-11(10)17(4)12(15)18/h6-9H,1-5H3,(H,16,19)/t15-/m1/s1. The van der Waals surface area contributed by atoms with Gasteiger partial charge in [-0.15, -0.1) is 0 Å². The van der Waals surface area contributed by atoms with E-state index in [-0.39, 0.29) is 5.91 Å². The van der Waals surface area contributed by atoms with Crippen molar-refractivity contribution in [2.45, 2.75) is 32.1 Å². The topological polar surface area (TPSA) is 67.9 Å². The molecule has 0 fully saturated rings. The maximum Gasteiger partial charge on any atom is 0.410 e. The number of fused-ring (bicyclic) bond motifs is 1. The van der Waals surface area contributed by atoms with E-state index in [4.69, 9.17) is 9.47 Å². The molecule has 114 valence electrons. The molecular formula is C15H20N2O4. The molecule has 0 aromatic heterocycles. The number of likely N-dealkylation sites (N-methyl/N-ethyl adjacent to an activating group) is 1. The molecule has 1 aliphatic heterocycles. The first-order valence-electron chi connectivity index (χ1n) is 6.65. The second kappa shape index (κ2) is 5.04. The minimum absolute atomic E-state index is 0.364. The van der Waals surface area contributed by atoms with Crippen LogP contribution in [0.3, 0.4) is 0 Å². The molecule has 1 aromatic carbocycles. The molecule has 0 saturated carbocycles. The Morgan fingerprint density at radius 3 is 2.48 bits per heavy atom. The Hall–Kier alpha value is -2.08. The fourth-order valence-corrected chi connectivity index (χ4v) is 2.34. The SMILES string of the molecule is CO[C@@]1(NC(=O)OC(C)(C)C)C(=O)N(C)c2ccccc21. The first kappa shape index (κ1) is 15.3. The second-order valence-electron chi connectivity index (χ2n) is 5.89. The molecule has 1 heterocycles. The quantitative estimate of drug-likeness (QED) is 0.846. The Kier molecular flexibility index (Phi) is 3.67. The molecule has 0 spiro atoms. The molecule has 0 unspecified atom stereocenters. The lowest BCUT2D eigenvalue weighted by atomic mass is 10.0. The summed E-state index contributed by atoms with van der Waals surface area (Å²) in [6.45, 7) is 5.26. The number of ether oxygens (including phenoxy) is 2. The number of hydrogen-bond acceptors (Lipinski definition) is 4. The molecule has 0 aliphatic carbocycles. The zero-order valence-electron chi connectivity index (χ0n) is 12.9. The van der Waals surface area contributed by atoms with Gasteiger partial charge in [0, 0.05) is 19.7 Å². The number of anilines is 1. The third kappa shape index (κ3) is 2.58. The van der Waals surface area contributed by atoms with Crippen LogP contribution in [-0.4, -0.2) is 31.8 Å². The fraction of sp³-hybridized carbons (Fsp3) is 0.467. The van der Waals surface area contributed by atoms with Crippen LogP contribution in [0.5, 0.6) is 0 Å². The van der Waals surface area contributed by atoms with Gasteiger partial charge in [-0.25, -0.2) is 4.79 Å². The predicted octanol–water partition coefficient (Wildman–Crippen LogP) is 1.99. The second-order valence-corrected chi connectivity index (χ2v) is 5.89. The minimum atomic E-state index is -1.55. The number of methoxy groups -OCH3 is 1. The number of rotatable bonds is 2. The van der Waals surface area contributed by atoms with Crippen molar-refractivity contribution >= 4 is 17.7 Å². The number of nitrogens with one attached hydrogen (secondary N) is 1. The highest BCUT2D eigenvalue weighted by molar-refractivity contribution is 6.07. The van der Waals surface area contributed by atoms with E-state index in [9.17, 15) is 9.59 Å². The zero-order chi connectivity index (χ0) is 15.8. The first-order chi connectivity index (χ1) is 9.71. The van der Waals surface area contributed by atoms with E-state index >= 15 is 0 Å². The Morgan fingerprint density at radius 2 is 1.90 bits per heavy atom. The van der Waals surface area contributed by atoms with Gasteiger partial charge in [0.25, 0.3) is 11.6 Å². The Morgan fingerprint density at radius 1 is 1.29 bits per heavy atom. The van der Waals surface area contributed by atoms with Crippen molar-refractivity contribution in [3.8, 4) is 0 Å². The summed E-state index contributed by atoms with van der Waals surface area (Å²) in [5.74, 6) is -0.364. The Bertz CT molecular complexity index is 579. The number of hydrogen-bond donors (Lipinski definition) is 1. The average Bonchev–Trinajstić information content (AvgIpc) is 2.60. The Labute approximate surface area is 124 Å². The third-order valence-corrected chi connectivity index (χ3v) is 3.23. The number of para-hydroxylation sites is 1. The largest absolute Gasteiger partial charge is 0.444 e. The van der Waals surface area contributed by atoms with Crippen LogP contribution in [0.1, 0.15) is 26.3 Å². The van der Waals surface area contributed by atoms with Crippen LogP contribution in [0.2, 0.25) is 0 Å². The summed E-state index contributed by atoms with van der Waals surface area (Å²) in [6.07, 6.45) is -0.706. The lowest BCUT2D eigenvalue weighted by Gasteiger charge is -2.29. The van der Waals surface area contributed by atoms with Gasteiger partial charge in [-0.05, 0) is 26.8 Å². The maximum absolute atomic E-state index is 12.5. The van der Waals surface area contributed by atoms with Gasteiger partial charge in [0.2, 0.25) is 0 Å². The van der Waals surface area contributed by atoms with Gasteiger partial charge in [0.05, 0.1) is 5.69 Å². The van der Waals surface area contributed by atoms with Crippen LogP contribution in [-0.2, 0) is 20.0 Å². The van der Waals surface area contributed by atoms with E-state index in [1.807, 2.05) is 6.07 Å². The van der Waals surface area contributed by atoms with Crippen LogP contribution < -0.4 is 10.2 Å². The summed E-state index contributed by atoms with van der Waals surface area (Å²) >= 11 is 0. The smallest absolute Gasteiger partial charge is 0.410 e. The van der Waals surface area contributed by atoms with E-state index in [1.165, 1.54) is 12.0 Å². The van der Waals surface area contributed by atoms with Crippen LogP contribution >= 0.6 is 0 Å². The average molecular weight is 292 g/mol. The van der Waals surface area contributed by atoms with Crippen LogP contribution in [0, 0.1) is 0 Å². The molecule has 2 rings (SSSR count). The van der Waals surface area contributed by atoms with Crippen LogP contribution in [0.4, 0.5) is 10.5 Å². The van der Waals surface area contributed by atoms with E-state index < -0.39 is 17.4 Å². The molecule has 2 amide bonds. The highest BCUT2D eigenvalue weighted by atomic mass is 16.6. The molecule has 1 atom stereocenters. The summed E-state index contributed by atoms with van der Waals surface area (Å²) in [7, 11) is 3.02. The number of carbonyl (C=O) groups is 2. The lowest BCUT2D eigenvalue weighted by molar-refractivity contribution is -0.143. The third-order valence-electron chi connectivity index (χ3n) is 3.23. The van der Waals surface area contributed by atoms with E-state index in [0.29, 0.717) is 11.3 Å². The molecule has 1 N–H and O–H groups in total. The van der Waals surface area contributed by atoms with Crippen molar-refractivity contribution < 1.29 is 19.1 Å². The molecule has 21 heavy (non-hydrogen) atoms. The van der Waals surface area contributed by atoms with Crippen molar-refractivity contribution in [3.05, 3.63) is 29.8 Å². The van der Waals surface area contributed by atoms with Crippen molar-refractivity contribution in [2.24, 2.45) is 0 Å². The number of benzene rings is 1. The number of alkyl carbamates (subject to hydrolysis) is 1. The number of amides is 2. The van der Waals surface area contributed by atoms with Crippen LogP contribution in [0.15, 0.2) is 24.3 Å². The number of nitrogens with zero attached hydrogens (tertiary/aromatic N) is 1. The van der Waals surface area contributed by atoms with Crippen molar-refractivity contribution in [3.63, 3.8) is 0 Å². The number of carbonyl (C=O) groups excluding carboxylic acids is 2. The normalized spacial score (nSPS) is 21.2. The molecule has 0 radical (unpaired) electrons. The van der Waals surface area contributed by atoms with Gasteiger partial charge in [-0.3, -0.25) is 10.1 Å². The molecule has 1 aromatic rings. The first-order valence-corrected chi connectivity index (χ1v) is 6.65. The van der Waals surface area contributed by atoms with Crippen LogP contribution in [0.25, 0.3) is 0 Å². The fourth-order valence-electron chi connectivity index (χ4n) is 2.34. The molecule has 6 nitrogen and oxygen atoms in total. The van der Waals surface area contributed by atoms with E-state index in [1.54, 1.807) is 46.0 Å². The van der Waals surface area contributed by atoms with Gasteiger partial charge in [-0.1, -0.05) is 18.2 Å². The lowest BCUT2D eigenvalue weighted by Crippen LogP contribution is -2.54. The molecule has 0 bridgehead atoms. The van der Waals surface area contributed by atoms with Gasteiger partial charge in [0.15, 0.2) is 0 Å². The highest BCUT2D eigenvalue weighted by Crippen LogP contribution is 2.39. The van der Waals surface area contributed by atoms with Gasteiger partial charge >= 0.3 is 6.09 Å². The van der Waals surface area contributed by atoms with Crippen molar-refractivity contribution in [2.75, 3.05) is 19.1 Å². The summed E-state index contributed by atoms with van der Waals surface area (Å²) < 4.78 is 10.6. The summed E-state index contributed by atoms with van der Waals surface area (Å²) in [4.78, 5) is 26.1. The molecular weight excluding hydrogens is 272 g/mol. The zero-order valence-corrected chi connectivity index (χ0v) is 12.9. The van der Waals surface area contributed by atoms with Crippen molar-refractivity contribution in [1.82, 2.24) is 5.32 Å². The van der Waals surface area contributed by atoms with Gasteiger partial charge in [0.1, 0.15) is 5.60 Å². The van der Waals surface area contributed by atoms with E-state index in [0.717, 1.165) is 0 Å². The summed E-state index contributed by atoms with van der Waals surface area (Å²) in [5, 5.41) is 2.56. The minimum Gasteiger partial charge on any atom is -0.444 e. The van der Waals surface area contributed by atoms with E-state index in [2.05, 4.69) is 5.32 Å². The monoisotopic (exact) mass is 292 g/mol. The molecule has 1 aliphatic rings. The molecule has 6 heteroatoms. The van der Waals surface area contributed by atoms with Gasteiger partial charge in [-0.2, -0.15) is 0 Å².